The summed E-state index contributed by atoms with van der Waals surface area (Å²) in [5.74, 6) is 0. The molecule has 1 heterocycles. The zero-order valence-electron chi connectivity index (χ0n) is 12.0. The molecule has 0 radical (unpaired) electrons. The van der Waals surface area contributed by atoms with Gasteiger partial charge in [0.25, 0.3) is 5.56 Å². The minimum absolute atomic E-state index is 0.0996. The van der Waals surface area contributed by atoms with Gasteiger partial charge in [-0.2, -0.15) is 5.10 Å². The lowest BCUT2D eigenvalue weighted by atomic mass is 9.74. The molecule has 3 N–H and O–H groups in total. The molecule has 1 saturated carbocycles. The minimum atomic E-state index is -0.268. The summed E-state index contributed by atoms with van der Waals surface area (Å²) in [5, 5.41) is 25.9. The monoisotopic (exact) mass is 359 g/mol. The van der Waals surface area contributed by atoms with Crippen LogP contribution in [0.2, 0.25) is 0 Å². The quantitative estimate of drug-likeness (QED) is 0.713. The number of aliphatic hydroxyl groups is 2. The summed E-state index contributed by atoms with van der Waals surface area (Å²) in [6.45, 7) is 0.845. The molecule has 1 fully saturated rings. The van der Waals surface area contributed by atoms with Gasteiger partial charge in [-0.15, -0.1) is 0 Å². The number of aromatic nitrogens is 2. The van der Waals surface area contributed by atoms with Gasteiger partial charge < -0.3 is 15.5 Å². The van der Waals surface area contributed by atoms with Crippen LogP contribution in [-0.2, 0) is 6.54 Å². The van der Waals surface area contributed by atoms with Crippen molar-refractivity contribution < 1.29 is 10.2 Å². The number of halogens is 1. The summed E-state index contributed by atoms with van der Waals surface area (Å²) < 4.78 is 1.63. The van der Waals surface area contributed by atoms with E-state index in [-0.39, 0.29) is 30.7 Å². The standard InChI is InChI=1S/C14H22BrN3O3/c15-12-11(8-17-18(6-7-19)13(12)21)16-9-14(10-20)4-2-1-3-5-14/h8,16,19-20H,1-7,9-10H2. The fraction of sp³-hybridized carbons (Fsp3) is 0.714. The average Bonchev–Trinajstić information content (AvgIpc) is 2.52. The molecule has 118 valence electrons. The number of aliphatic hydroxyl groups excluding tert-OH is 2. The molecule has 7 heteroatoms. The Morgan fingerprint density at radius 2 is 2.05 bits per heavy atom. The van der Waals surface area contributed by atoms with Gasteiger partial charge >= 0.3 is 0 Å². The smallest absolute Gasteiger partial charge is 0.283 e. The van der Waals surface area contributed by atoms with Crippen LogP contribution in [0.1, 0.15) is 32.1 Å². The highest BCUT2D eigenvalue weighted by molar-refractivity contribution is 9.10. The summed E-state index contributed by atoms with van der Waals surface area (Å²) in [6, 6.07) is 0. The van der Waals surface area contributed by atoms with Crippen LogP contribution in [0.5, 0.6) is 0 Å². The molecule has 6 nitrogen and oxygen atoms in total. The molecular weight excluding hydrogens is 338 g/mol. The fourth-order valence-corrected chi connectivity index (χ4v) is 3.26. The van der Waals surface area contributed by atoms with Crippen molar-refractivity contribution in [1.29, 1.82) is 0 Å². The van der Waals surface area contributed by atoms with E-state index >= 15 is 0 Å². The minimum Gasteiger partial charge on any atom is -0.396 e. The predicted molar refractivity (Wildman–Crippen MR) is 84.4 cm³/mol. The molecular formula is C14H22BrN3O3. The lowest BCUT2D eigenvalue weighted by molar-refractivity contribution is 0.0944. The molecule has 0 spiro atoms. The normalized spacial score (nSPS) is 17.7. The third-order valence-corrected chi connectivity index (χ3v) is 4.97. The van der Waals surface area contributed by atoms with E-state index in [4.69, 9.17) is 5.11 Å². The van der Waals surface area contributed by atoms with E-state index in [9.17, 15) is 9.90 Å². The van der Waals surface area contributed by atoms with E-state index in [1.165, 1.54) is 11.1 Å². The highest BCUT2D eigenvalue weighted by Gasteiger charge is 2.31. The van der Waals surface area contributed by atoms with Crippen molar-refractivity contribution in [2.24, 2.45) is 5.41 Å². The van der Waals surface area contributed by atoms with Crippen LogP contribution < -0.4 is 10.9 Å². The second kappa shape index (κ2) is 7.38. The molecule has 0 amide bonds. The number of rotatable bonds is 6. The molecule has 21 heavy (non-hydrogen) atoms. The Morgan fingerprint density at radius 3 is 2.67 bits per heavy atom. The number of hydrogen-bond donors (Lipinski definition) is 3. The molecule has 1 aromatic heterocycles. The van der Waals surface area contributed by atoms with Crippen LogP contribution >= 0.6 is 15.9 Å². The Bertz CT molecular complexity index is 527. The molecule has 0 saturated heterocycles. The zero-order valence-corrected chi connectivity index (χ0v) is 13.6. The van der Waals surface area contributed by atoms with E-state index in [1.807, 2.05) is 0 Å². The van der Waals surface area contributed by atoms with Gasteiger partial charge in [-0.1, -0.05) is 19.3 Å². The van der Waals surface area contributed by atoms with Crippen molar-refractivity contribution in [2.75, 3.05) is 25.1 Å². The van der Waals surface area contributed by atoms with E-state index in [0.717, 1.165) is 25.7 Å². The van der Waals surface area contributed by atoms with E-state index in [1.54, 1.807) is 6.20 Å². The van der Waals surface area contributed by atoms with Crippen LogP contribution in [0, 0.1) is 5.41 Å². The van der Waals surface area contributed by atoms with Crippen molar-refractivity contribution in [3.63, 3.8) is 0 Å². The van der Waals surface area contributed by atoms with E-state index in [2.05, 4.69) is 26.3 Å². The van der Waals surface area contributed by atoms with Gasteiger partial charge in [0.1, 0.15) is 4.47 Å². The molecule has 0 unspecified atom stereocenters. The largest absolute Gasteiger partial charge is 0.396 e. The SMILES string of the molecule is O=c1c(Br)c(NCC2(CO)CCCCC2)cnn1CCO. The van der Waals surface area contributed by atoms with Crippen molar-refractivity contribution in [3.05, 3.63) is 21.0 Å². The third kappa shape index (κ3) is 3.84. The summed E-state index contributed by atoms with van der Waals surface area (Å²) in [7, 11) is 0. The Labute approximate surface area is 132 Å². The van der Waals surface area contributed by atoms with Crippen LogP contribution in [0.25, 0.3) is 0 Å². The molecule has 0 atom stereocenters. The van der Waals surface area contributed by atoms with Crippen molar-refractivity contribution >= 4 is 21.6 Å². The summed E-state index contributed by atoms with van der Waals surface area (Å²) >= 11 is 3.29. The number of anilines is 1. The average molecular weight is 360 g/mol. The fourth-order valence-electron chi connectivity index (χ4n) is 2.82. The summed E-state index contributed by atoms with van der Waals surface area (Å²) in [5.41, 5.74) is 0.265. The Kier molecular flexibility index (Phi) is 5.78. The molecule has 0 bridgehead atoms. The maximum atomic E-state index is 12.0. The van der Waals surface area contributed by atoms with Gasteiger partial charge in [-0.25, -0.2) is 4.68 Å². The van der Waals surface area contributed by atoms with E-state index < -0.39 is 0 Å². The second-order valence-electron chi connectivity index (χ2n) is 5.70. The molecule has 0 aromatic carbocycles. The van der Waals surface area contributed by atoms with E-state index in [0.29, 0.717) is 16.7 Å². The van der Waals surface area contributed by atoms with Crippen LogP contribution in [0.4, 0.5) is 5.69 Å². The highest BCUT2D eigenvalue weighted by atomic mass is 79.9. The number of hydrogen-bond acceptors (Lipinski definition) is 5. The van der Waals surface area contributed by atoms with Gasteiger partial charge in [0, 0.05) is 12.0 Å². The molecule has 1 aliphatic carbocycles. The van der Waals surface area contributed by atoms with Crippen LogP contribution in [0.3, 0.4) is 0 Å². The zero-order chi connectivity index (χ0) is 15.3. The van der Waals surface area contributed by atoms with Gasteiger partial charge in [0.05, 0.1) is 31.6 Å². The summed E-state index contributed by atoms with van der Waals surface area (Å²) in [4.78, 5) is 12.0. The number of nitrogens with one attached hydrogen (secondary N) is 1. The molecule has 0 aliphatic heterocycles. The third-order valence-electron chi connectivity index (χ3n) is 4.20. The van der Waals surface area contributed by atoms with Crippen molar-refractivity contribution in [2.45, 2.75) is 38.6 Å². The molecule has 1 aromatic rings. The van der Waals surface area contributed by atoms with Gasteiger partial charge in [0.2, 0.25) is 0 Å². The highest BCUT2D eigenvalue weighted by Crippen LogP contribution is 2.36. The van der Waals surface area contributed by atoms with Gasteiger partial charge in [-0.3, -0.25) is 4.79 Å². The summed E-state index contributed by atoms with van der Waals surface area (Å²) in [6.07, 6.45) is 7.09. The first-order valence-electron chi connectivity index (χ1n) is 7.33. The molecule has 2 rings (SSSR count). The first-order valence-corrected chi connectivity index (χ1v) is 8.12. The van der Waals surface area contributed by atoms with Crippen LogP contribution in [0.15, 0.2) is 15.5 Å². The van der Waals surface area contributed by atoms with Gasteiger partial charge in [-0.05, 0) is 28.8 Å². The first kappa shape index (κ1) is 16.5. The topological polar surface area (TPSA) is 87.4 Å². The Hall–Kier alpha value is -0.920. The second-order valence-corrected chi connectivity index (χ2v) is 6.49. The maximum Gasteiger partial charge on any atom is 0.283 e. The first-order chi connectivity index (χ1) is 10.1. The Balaban J connectivity index is 2.09. The maximum absolute atomic E-state index is 12.0. The van der Waals surface area contributed by atoms with Gasteiger partial charge in [0.15, 0.2) is 0 Å². The van der Waals surface area contributed by atoms with Crippen LogP contribution in [-0.4, -0.2) is 39.8 Å². The lowest BCUT2D eigenvalue weighted by Gasteiger charge is -2.36. The lowest BCUT2D eigenvalue weighted by Crippen LogP contribution is -2.36. The predicted octanol–water partition coefficient (Wildman–Crippen LogP) is 1.35. The number of nitrogens with zero attached hydrogens (tertiary/aromatic N) is 2. The van der Waals surface area contributed by atoms with Crippen molar-refractivity contribution in [3.8, 4) is 0 Å². The van der Waals surface area contributed by atoms with Crippen molar-refractivity contribution in [1.82, 2.24) is 9.78 Å². The molecule has 1 aliphatic rings. The Morgan fingerprint density at radius 1 is 1.33 bits per heavy atom.